The number of aromatic nitrogens is 2. The molecule has 0 radical (unpaired) electrons. The third-order valence-corrected chi connectivity index (χ3v) is 9.39. The van der Waals surface area contributed by atoms with E-state index in [1.165, 1.54) is 61.6 Å². The van der Waals surface area contributed by atoms with Gasteiger partial charge in [0.2, 0.25) is 5.95 Å². The van der Waals surface area contributed by atoms with E-state index in [1.54, 1.807) is 0 Å². The molecule has 1 aliphatic carbocycles. The highest BCUT2D eigenvalue weighted by molar-refractivity contribution is 7.80. The van der Waals surface area contributed by atoms with E-state index in [0.717, 1.165) is 50.8 Å². The number of piperidine rings is 1. The second-order valence-corrected chi connectivity index (χ2v) is 12.5. The highest BCUT2D eigenvalue weighted by Crippen LogP contribution is 2.39. The van der Waals surface area contributed by atoms with E-state index in [4.69, 9.17) is 22.2 Å². The van der Waals surface area contributed by atoms with Gasteiger partial charge in [-0.05, 0) is 66.9 Å². The fraction of sp³-hybridized carbons (Fsp3) is 0.485. The van der Waals surface area contributed by atoms with Gasteiger partial charge in [0.1, 0.15) is 11.6 Å². The van der Waals surface area contributed by atoms with E-state index in [9.17, 15) is 0 Å². The molecule has 1 aromatic heterocycles. The Kier molecular flexibility index (Phi) is 8.19. The minimum Gasteiger partial charge on any atom is -0.361 e. The molecule has 40 heavy (non-hydrogen) atoms. The van der Waals surface area contributed by atoms with Gasteiger partial charge in [0.05, 0.1) is 0 Å². The first-order chi connectivity index (χ1) is 19.6. The number of nitrogens with one attached hydrogen (secondary N) is 2. The fourth-order valence-corrected chi connectivity index (χ4v) is 7.04. The van der Waals surface area contributed by atoms with Crippen LogP contribution in [0.5, 0.6) is 0 Å². The zero-order valence-electron chi connectivity index (χ0n) is 23.7. The third-order valence-electron chi connectivity index (χ3n) is 9.14. The molecule has 0 spiro atoms. The van der Waals surface area contributed by atoms with Gasteiger partial charge >= 0.3 is 0 Å². The van der Waals surface area contributed by atoms with Crippen molar-refractivity contribution < 1.29 is 0 Å². The summed E-state index contributed by atoms with van der Waals surface area (Å²) < 4.78 is 0. The number of fused-ring (bicyclic) bond motifs is 1. The highest BCUT2D eigenvalue weighted by Gasteiger charge is 2.34. The summed E-state index contributed by atoms with van der Waals surface area (Å²) in [6.07, 6.45) is 9.72. The summed E-state index contributed by atoms with van der Waals surface area (Å²) in [5.74, 6) is 3.21. The smallest absolute Gasteiger partial charge is 0.232 e. The molecule has 3 aliphatic rings. The molecule has 1 unspecified atom stereocenters. The molecule has 7 heteroatoms. The SMILES string of the molecule is CC1CCCN(c2cc(N3CCc4ccccc4C3)nc(NC(=S)NCC3(c4ccccc4)CCCCC3)n2)C1. The van der Waals surface area contributed by atoms with Crippen molar-refractivity contribution in [3.05, 3.63) is 77.4 Å². The highest BCUT2D eigenvalue weighted by atomic mass is 32.1. The van der Waals surface area contributed by atoms with Crippen LogP contribution in [-0.4, -0.2) is 41.3 Å². The molecule has 6 nitrogen and oxygen atoms in total. The number of hydrogen-bond donors (Lipinski definition) is 2. The predicted molar refractivity (Wildman–Crippen MR) is 169 cm³/mol. The molecule has 6 rings (SSSR count). The molecule has 3 aromatic rings. The quantitative estimate of drug-likeness (QED) is 0.339. The molecule has 0 amide bonds. The Balaban J connectivity index is 1.21. The summed E-state index contributed by atoms with van der Waals surface area (Å²) in [7, 11) is 0. The van der Waals surface area contributed by atoms with Crippen LogP contribution in [0.15, 0.2) is 60.7 Å². The minimum atomic E-state index is 0.115. The van der Waals surface area contributed by atoms with Gasteiger partial charge in [-0.25, -0.2) is 0 Å². The second-order valence-electron chi connectivity index (χ2n) is 12.1. The van der Waals surface area contributed by atoms with E-state index < -0.39 is 0 Å². The topological polar surface area (TPSA) is 56.3 Å². The number of benzene rings is 2. The molecule has 0 bridgehead atoms. The van der Waals surface area contributed by atoms with Crippen molar-refractivity contribution in [1.82, 2.24) is 15.3 Å². The number of nitrogens with zero attached hydrogens (tertiary/aromatic N) is 4. The first kappa shape index (κ1) is 27.0. The van der Waals surface area contributed by atoms with Crippen LogP contribution in [0, 0.1) is 5.92 Å². The predicted octanol–water partition coefficient (Wildman–Crippen LogP) is 6.46. The maximum absolute atomic E-state index is 5.84. The number of thiocarbonyl (C=S) groups is 1. The lowest BCUT2D eigenvalue weighted by Crippen LogP contribution is -2.43. The van der Waals surface area contributed by atoms with Crippen LogP contribution < -0.4 is 20.4 Å². The molecule has 2 N–H and O–H groups in total. The molecule has 2 aliphatic heterocycles. The maximum Gasteiger partial charge on any atom is 0.232 e. The van der Waals surface area contributed by atoms with Gasteiger partial charge in [-0.15, -0.1) is 0 Å². The summed E-state index contributed by atoms with van der Waals surface area (Å²) >= 11 is 5.84. The van der Waals surface area contributed by atoms with Crippen LogP contribution in [0.2, 0.25) is 0 Å². The molecule has 1 saturated carbocycles. The van der Waals surface area contributed by atoms with Crippen LogP contribution >= 0.6 is 12.2 Å². The van der Waals surface area contributed by atoms with E-state index >= 15 is 0 Å². The molecular weight excluding hydrogens is 512 g/mol. The Morgan fingerprint density at radius 3 is 2.40 bits per heavy atom. The normalized spacial score (nSPS) is 20.5. The first-order valence-electron chi connectivity index (χ1n) is 15.1. The second kappa shape index (κ2) is 12.1. The van der Waals surface area contributed by atoms with Gasteiger partial charge in [-0.2, -0.15) is 9.97 Å². The Bertz CT molecular complexity index is 1310. The number of hydrogen-bond acceptors (Lipinski definition) is 5. The lowest BCUT2D eigenvalue weighted by molar-refractivity contribution is 0.292. The first-order valence-corrected chi connectivity index (χ1v) is 15.5. The van der Waals surface area contributed by atoms with E-state index in [2.05, 4.69) is 88.0 Å². The van der Waals surface area contributed by atoms with Crippen molar-refractivity contribution in [1.29, 1.82) is 0 Å². The monoisotopic (exact) mass is 554 g/mol. The van der Waals surface area contributed by atoms with Crippen molar-refractivity contribution in [3.63, 3.8) is 0 Å². The zero-order chi connectivity index (χ0) is 27.4. The van der Waals surface area contributed by atoms with Crippen LogP contribution in [0.3, 0.4) is 0 Å². The molecular formula is C33H42N6S. The summed E-state index contributed by atoms with van der Waals surface area (Å²) in [5, 5.41) is 7.55. The van der Waals surface area contributed by atoms with Crippen molar-refractivity contribution in [2.24, 2.45) is 5.92 Å². The van der Waals surface area contributed by atoms with Crippen molar-refractivity contribution in [2.45, 2.75) is 70.3 Å². The van der Waals surface area contributed by atoms with E-state index in [-0.39, 0.29) is 5.41 Å². The molecule has 1 saturated heterocycles. The summed E-state index contributed by atoms with van der Waals surface area (Å²) in [4.78, 5) is 14.8. The van der Waals surface area contributed by atoms with Crippen LogP contribution in [0.4, 0.5) is 17.6 Å². The van der Waals surface area contributed by atoms with Gasteiger partial charge in [-0.1, -0.05) is 80.8 Å². The number of rotatable bonds is 6. The Morgan fingerprint density at radius 1 is 0.900 bits per heavy atom. The van der Waals surface area contributed by atoms with Crippen molar-refractivity contribution in [2.75, 3.05) is 41.3 Å². The molecule has 3 heterocycles. The molecule has 2 fully saturated rings. The lowest BCUT2D eigenvalue weighted by Gasteiger charge is -2.38. The van der Waals surface area contributed by atoms with Crippen LogP contribution in [0.1, 0.15) is 68.6 Å². The third kappa shape index (κ3) is 6.09. The zero-order valence-corrected chi connectivity index (χ0v) is 24.6. The summed E-state index contributed by atoms with van der Waals surface area (Å²) in [6.45, 7) is 7.03. The Labute approximate surface area is 244 Å². The van der Waals surface area contributed by atoms with Crippen LogP contribution in [-0.2, 0) is 18.4 Å². The molecule has 210 valence electrons. The van der Waals surface area contributed by atoms with Gasteiger partial charge in [-0.3, -0.25) is 0 Å². The largest absolute Gasteiger partial charge is 0.361 e. The average Bonchev–Trinajstić information content (AvgIpc) is 3.00. The van der Waals surface area contributed by atoms with Crippen LogP contribution in [0.25, 0.3) is 0 Å². The van der Waals surface area contributed by atoms with Crippen molar-refractivity contribution >= 4 is 34.9 Å². The standard InChI is InChI=1S/C33H42N6S/c1-25-11-10-19-38(22-25)29-21-30(39-20-16-26-12-6-7-13-27(26)23-39)36-31(35-29)37-32(40)34-24-33(17-8-3-9-18-33)28-14-4-2-5-15-28/h2,4-7,12-15,21,25H,3,8-11,16-20,22-24H2,1H3,(H2,34,35,36,37,40). The lowest BCUT2D eigenvalue weighted by atomic mass is 9.69. The van der Waals surface area contributed by atoms with E-state index in [0.29, 0.717) is 17.0 Å². The average molecular weight is 555 g/mol. The Hall–Kier alpha value is -3.19. The number of anilines is 3. The fourth-order valence-electron chi connectivity index (χ4n) is 6.87. The van der Waals surface area contributed by atoms with E-state index in [1.807, 2.05) is 0 Å². The summed E-state index contributed by atoms with van der Waals surface area (Å²) in [6, 6.07) is 21.9. The minimum absolute atomic E-state index is 0.115. The molecule has 2 aromatic carbocycles. The van der Waals surface area contributed by atoms with Gasteiger partial charge in [0.15, 0.2) is 5.11 Å². The van der Waals surface area contributed by atoms with Gasteiger partial charge < -0.3 is 20.4 Å². The molecule has 1 atom stereocenters. The van der Waals surface area contributed by atoms with Gasteiger partial charge in [0.25, 0.3) is 0 Å². The van der Waals surface area contributed by atoms with Crippen molar-refractivity contribution in [3.8, 4) is 0 Å². The Morgan fingerprint density at radius 2 is 1.62 bits per heavy atom. The van der Waals surface area contributed by atoms with Gasteiger partial charge in [0, 0.05) is 44.2 Å². The summed E-state index contributed by atoms with van der Waals surface area (Å²) in [5.41, 5.74) is 4.35. The maximum atomic E-state index is 5.84.